The zero-order chi connectivity index (χ0) is 19.3. The molecule has 6 rings (SSSR count). The van der Waals surface area contributed by atoms with Crippen molar-refractivity contribution >= 4 is 5.91 Å². The molecule has 0 unspecified atom stereocenters. The minimum Gasteiger partial charge on any atom is -0.353 e. The lowest BCUT2D eigenvalue weighted by atomic mass is 9.49. The molecule has 0 spiro atoms. The highest BCUT2D eigenvalue weighted by Crippen LogP contribution is 2.60. The first-order valence-electron chi connectivity index (χ1n) is 11.0. The fourth-order valence-corrected chi connectivity index (χ4v) is 6.86. The molecule has 28 heavy (non-hydrogen) atoms. The van der Waals surface area contributed by atoms with E-state index in [0.717, 1.165) is 68.5 Å². The van der Waals surface area contributed by atoms with Gasteiger partial charge < -0.3 is 5.32 Å². The lowest BCUT2D eigenvalue weighted by molar-refractivity contribution is -0.147. The number of likely N-dealkylation sites (tertiary alicyclic amines) is 1. The summed E-state index contributed by atoms with van der Waals surface area (Å²) in [4.78, 5) is 15.5. The van der Waals surface area contributed by atoms with Crippen LogP contribution in [0, 0.1) is 34.8 Å². The van der Waals surface area contributed by atoms with Crippen molar-refractivity contribution in [3.63, 3.8) is 0 Å². The van der Waals surface area contributed by atoms with Crippen molar-refractivity contribution in [2.24, 2.45) is 23.2 Å². The zero-order valence-electron chi connectivity index (χ0n) is 16.4. The lowest BCUT2D eigenvalue weighted by Crippen LogP contribution is -2.56. The quantitative estimate of drug-likeness (QED) is 0.836. The number of nitrogens with zero attached hydrogens (tertiary/aromatic N) is 1. The Kier molecular flexibility index (Phi) is 4.69. The molecule has 1 heterocycles. The smallest absolute Gasteiger partial charge is 0.226 e. The second-order valence-electron chi connectivity index (χ2n) is 9.97. The normalized spacial score (nSPS) is 35.3. The Labute approximate surface area is 165 Å². The van der Waals surface area contributed by atoms with Crippen molar-refractivity contribution in [2.75, 3.05) is 13.1 Å². The number of carbonyl (C=O) groups is 1. The van der Waals surface area contributed by atoms with Gasteiger partial charge in [-0.15, -0.1) is 0 Å². The van der Waals surface area contributed by atoms with Gasteiger partial charge in [0.05, 0.1) is 0 Å². The van der Waals surface area contributed by atoms with Crippen LogP contribution in [-0.2, 0) is 11.3 Å². The molecule has 5 fully saturated rings. The topological polar surface area (TPSA) is 32.3 Å². The Morgan fingerprint density at radius 2 is 1.61 bits per heavy atom. The van der Waals surface area contributed by atoms with E-state index in [2.05, 4.69) is 10.2 Å². The molecule has 1 aromatic carbocycles. The summed E-state index contributed by atoms with van der Waals surface area (Å²) in [6.45, 7) is 2.39. The minimum atomic E-state index is -0.796. The standard InChI is InChI=1S/C23H30F2N2O/c24-20-2-1-15(10-21(20)25)14-27-5-3-19(4-6-27)26-22(28)23-11-16-7-17(12-23)9-18(8-16)13-23/h1-2,10,16-19H,3-9,11-14H2,(H,26,28). The highest BCUT2D eigenvalue weighted by molar-refractivity contribution is 5.83. The number of halogens is 2. The maximum absolute atomic E-state index is 13.4. The number of piperidine rings is 1. The van der Waals surface area contributed by atoms with Crippen LogP contribution in [-0.4, -0.2) is 29.9 Å². The number of rotatable bonds is 4. The monoisotopic (exact) mass is 388 g/mol. The third-order valence-corrected chi connectivity index (χ3v) is 7.83. The van der Waals surface area contributed by atoms with Crippen LogP contribution >= 0.6 is 0 Å². The van der Waals surface area contributed by atoms with Crippen LogP contribution in [0.3, 0.4) is 0 Å². The van der Waals surface area contributed by atoms with Crippen LogP contribution < -0.4 is 5.32 Å². The van der Waals surface area contributed by atoms with Gasteiger partial charge in [-0.2, -0.15) is 0 Å². The minimum absolute atomic E-state index is 0.0719. The molecule has 0 aromatic heterocycles. The first-order chi connectivity index (χ1) is 13.5. The predicted octanol–water partition coefficient (Wildman–Crippen LogP) is 4.26. The summed E-state index contributed by atoms with van der Waals surface area (Å²) in [5, 5.41) is 3.40. The molecule has 4 aliphatic carbocycles. The highest BCUT2D eigenvalue weighted by Gasteiger charge is 2.54. The van der Waals surface area contributed by atoms with Gasteiger partial charge in [-0.1, -0.05) is 6.07 Å². The highest BCUT2D eigenvalue weighted by atomic mass is 19.2. The van der Waals surface area contributed by atoms with Crippen molar-refractivity contribution in [3.8, 4) is 0 Å². The van der Waals surface area contributed by atoms with Gasteiger partial charge in [-0.05, 0) is 86.8 Å². The van der Waals surface area contributed by atoms with Gasteiger partial charge in [-0.25, -0.2) is 8.78 Å². The zero-order valence-corrected chi connectivity index (χ0v) is 16.4. The van der Waals surface area contributed by atoms with Crippen LogP contribution in [0.2, 0.25) is 0 Å². The van der Waals surface area contributed by atoms with Crippen molar-refractivity contribution in [2.45, 2.75) is 64.0 Å². The van der Waals surface area contributed by atoms with Crippen LogP contribution in [0.1, 0.15) is 56.9 Å². The molecule has 1 N–H and O–H groups in total. The van der Waals surface area contributed by atoms with Crippen molar-refractivity contribution in [1.29, 1.82) is 0 Å². The molecule has 1 saturated heterocycles. The summed E-state index contributed by atoms with van der Waals surface area (Å²) in [6.07, 6.45) is 9.27. The number of hydrogen-bond acceptors (Lipinski definition) is 2. The molecular weight excluding hydrogens is 358 g/mol. The summed E-state index contributed by atoms with van der Waals surface area (Å²) in [5.41, 5.74) is 0.729. The largest absolute Gasteiger partial charge is 0.353 e. The Morgan fingerprint density at radius 1 is 1.00 bits per heavy atom. The summed E-state index contributed by atoms with van der Waals surface area (Å²) >= 11 is 0. The second-order valence-corrected chi connectivity index (χ2v) is 9.97. The molecule has 1 amide bonds. The average Bonchev–Trinajstić information content (AvgIpc) is 2.65. The third-order valence-electron chi connectivity index (χ3n) is 7.83. The Morgan fingerprint density at radius 3 is 2.18 bits per heavy atom. The van der Waals surface area contributed by atoms with Crippen molar-refractivity contribution in [3.05, 3.63) is 35.4 Å². The summed E-state index contributed by atoms with van der Waals surface area (Å²) in [7, 11) is 0. The molecule has 0 radical (unpaired) electrons. The van der Waals surface area contributed by atoms with E-state index in [9.17, 15) is 13.6 Å². The first-order valence-corrected chi connectivity index (χ1v) is 11.0. The number of amides is 1. The molecule has 152 valence electrons. The second kappa shape index (κ2) is 7.08. The average molecular weight is 389 g/mol. The van der Waals surface area contributed by atoms with Gasteiger partial charge in [0.2, 0.25) is 5.91 Å². The molecule has 0 atom stereocenters. The van der Waals surface area contributed by atoms with Gasteiger partial charge in [0.1, 0.15) is 0 Å². The van der Waals surface area contributed by atoms with Crippen molar-refractivity contribution in [1.82, 2.24) is 10.2 Å². The summed E-state index contributed by atoms with van der Waals surface area (Å²) in [6, 6.07) is 4.39. The van der Waals surface area contributed by atoms with Crippen LogP contribution in [0.5, 0.6) is 0 Å². The number of hydrogen-bond donors (Lipinski definition) is 1. The molecule has 1 aromatic rings. The lowest BCUT2D eigenvalue weighted by Gasteiger charge is -2.56. The summed E-state index contributed by atoms with van der Waals surface area (Å²) < 4.78 is 26.5. The molecule has 5 heteroatoms. The maximum atomic E-state index is 13.4. The SMILES string of the molecule is O=C(NC1CCN(Cc2ccc(F)c(F)c2)CC1)C12CC3CC(CC(C3)C1)C2. The Balaban J connectivity index is 1.14. The van der Waals surface area contributed by atoms with E-state index in [1.54, 1.807) is 6.07 Å². The van der Waals surface area contributed by atoms with E-state index < -0.39 is 11.6 Å². The van der Waals surface area contributed by atoms with E-state index in [0.29, 0.717) is 12.5 Å². The van der Waals surface area contributed by atoms with Gasteiger partial charge in [-0.3, -0.25) is 9.69 Å². The van der Waals surface area contributed by atoms with Crippen LogP contribution in [0.25, 0.3) is 0 Å². The fraction of sp³-hybridized carbons (Fsp3) is 0.696. The summed E-state index contributed by atoms with van der Waals surface area (Å²) in [5.74, 6) is 1.11. The fourth-order valence-electron chi connectivity index (χ4n) is 6.86. The van der Waals surface area contributed by atoms with Crippen molar-refractivity contribution < 1.29 is 13.6 Å². The van der Waals surface area contributed by atoms with Crippen LogP contribution in [0.4, 0.5) is 8.78 Å². The number of nitrogens with one attached hydrogen (secondary N) is 1. The maximum Gasteiger partial charge on any atom is 0.226 e. The molecule has 5 aliphatic rings. The van der Waals surface area contributed by atoms with E-state index >= 15 is 0 Å². The Bertz CT molecular complexity index is 722. The molecule has 3 nitrogen and oxygen atoms in total. The van der Waals surface area contributed by atoms with E-state index in [1.807, 2.05) is 0 Å². The van der Waals surface area contributed by atoms with Crippen LogP contribution in [0.15, 0.2) is 18.2 Å². The molecule has 1 aliphatic heterocycles. The van der Waals surface area contributed by atoms with E-state index in [1.165, 1.54) is 31.4 Å². The van der Waals surface area contributed by atoms with Gasteiger partial charge >= 0.3 is 0 Å². The van der Waals surface area contributed by atoms with E-state index in [-0.39, 0.29) is 11.5 Å². The van der Waals surface area contributed by atoms with Gasteiger partial charge in [0, 0.05) is 31.1 Å². The third kappa shape index (κ3) is 3.47. The van der Waals surface area contributed by atoms with Gasteiger partial charge in [0.25, 0.3) is 0 Å². The molecular formula is C23H30F2N2O. The van der Waals surface area contributed by atoms with E-state index in [4.69, 9.17) is 0 Å². The number of benzene rings is 1. The Hall–Kier alpha value is -1.49. The first kappa shape index (κ1) is 18.5. The predicted molar refractivity (Wildman–Crippen MR) is 103 cm³/mol. The molecule has 4 saturated carbocycles. The molecule has 4 bridgehead atoms. The number of carbonyl (C=O) groups excluding carboxylic acids is 1. The van der Waals surface area contributed by atoms with Gasteiger partial charge in [0.15, 0.2) is 11.6 Å².